The number of nitrogens with zero attached hydrogens (tertiary/aromatic N) is 4. The summed E-state index contributed by atoms with van der Waals surface area (Å²) in [4.78, 5) is 5.97. The largest absolute Gasteiger partial charge is 0.366 e. The third-order valence-electron chi connectivity index (χ3n) is 4.04. The van der Waals surface area contributed by atoms with E-state index in [1.807, 2.05) is 6.92 Å². The summed E-state index contributed by atoms with van der Waals surface area (Å²) in [5, 5.41) is 12.7. The molecule has 5 nitrogen and oxygen atoms in total. The summed E-state index contributed by atoms with van der Waals surface area (Å²) in [5.74, 6) is -0.315. The molecule has 1 aliphatic heterocycles. The third-order valence-corrected chi connectivity index (χ3v) is 4.04. The molecule has 2 aromatic rings. The van der Waals surface area contributed by atoms with E-state index in [0.29, 0.717) is 31.2 Å². The van der Waals surface area contributed by atoms with Crippen molar-refractivity contribution in [3.05, 3.63) is 41.0 Å². The predicted molar refractivity (Wildman–Crippen MR) is 78.9 cm³/mol. The van der Waals surface area contributed by atoms with Crippen molar-refractivity contribution in [1.82, 2.24) is 10.1 Å². The molecule has 23 heavy (non-hydrogen) atoms. The van der Waals surface area contributed by atoms with Crippen LogP contribution in [0.25, 0.3) is 0 Å². The minimum absolute atomic E-state index is 0.0249. The van der Waals surface area contributed by atoms with E-state index in [0.717, 1.165) is 25.0 Å². The summed E-state index contributed by atoms with van der Waals surface area (Å²) in [6, 6.07) is 3.87. The Balaban J connectivity index is 1.85. The van der Waals surface area contributed by atoms with E-state index in [9.17, 15) is 8.78 Å². The minimum atomic E-state index is -0.718. The van der Waals surface area contributed by atoms with Gasteiger partial charge in [0.25, 0.3) is 0 Å². The number of halogens is 2. The first kappa shape index (κ1) is 15.4. The van der Waals surface area contributed by atoms with E-state index in [-0.39, 0.29) is 17.2 Å². The highest BCUT2D eigenvalue weighted by molar-refractivity contribution is 5.53. The summed E-state index contributed by atoms with van der Waals surface area (Å²) in [6.07, 6.45) is 2.28. The fourth-order valence-corrected chi connectivity index (χ4v) is 2.90. The van der Waals surface area contributed by atoms with Crippen LogP contribution in [0.1, 0.15) is 43.0 Å². The molecule has 120 valence electrons. The summed E-state index contributed by atoms with van der Waals surface area (Å²) < 4.78 is 33.5. The lowest BCUT2D eigenvalue weighted by atomic mass is 9.96. The van der Waals surface area contributed by atoms with Gasteiger partial charge in [-0.05, 0) is 25.0 Å². The Morgan fingerprint density at radius 3 is 2.74 bits per heavy atom. The highest BCUT2D eigenvalue weighted by atomic mass is 19.1. The number of hydrogen-bond acceptors (Lipinski definition) is 5. The number of nitriles is 1. The Morgan fingerprint density at radius 1 is 1.39 bits per heavy atom. The van der Waals surface area contributed by atoms with E-state index >= 15 is 0 Å². The van der Waals surface area contributed by atoms with Gasteiger partial charge in [0.15, 0.2) is 17.5 Å². The molecule has 0 aliphatic carbocycles. The van der Waals surface area contributed by atoms with Crippen LogP contribution in [0.3, 0.4) is 0 Å². The topological polar surface area (TPSA) is 66.0 Å². The molecule has 1 aliphatic rings. The normalized spacial score (nSPS) is 18.0. The third kappa shape index (κ3) is 3.02. The highest BCUT2D eigenvalue weighted by Gasteiger charge is 2.28. The Morgan fingerprint density at radius 2 is 2.13 bits per heavy atom. The standard InChI is InChI=1S/C16H16F2N4O/c1-2-14-20-16(21-23-14)11-4-3-5-22(9-11)15-12(17)6-10(8-19)7-13(15)18/h6-7,11H,2-5,9H2,1H3. The van der Waals surface area contributed by atoms with Crippen molar-refractivity contribution in [2.45, 2.75) is 32.1 Å². The summed E-state index contributed by atoms with van der Waals surface area (Å²) in [5.41, 5.74) is -0.115. The van der Waals surface area contributed by atoms with Gasteiger partial charge in [-0.25, -0.2) is 8.78 Å². The second kappa shape index (κ2) is 6.32. The van der Waals surface area contributed by atoms with Gasteiger partial charge in [0.05, 0.1) is 11.6 Å². The molecular formula is C16H16F2N4O. The molecule has 0 N–H and O–H groups in total. The molecule has 1 atom stereocenters. The number of benzene rings is 1. The van der Waals surface area contributed by atoms with E-state index in [4.69, 9.17) is 9.78 Å². The van der Waals surface area contributed by atoms with Crippen LogP contribution in [0, 0.1) is 23.0 Å². The number of hydrogen-bond donors (Lipinski definition) is 0. The number of anilines is 1. The zero-order valence-electron chi connectivity index (χ0n) is 12.7. The monoisotopic (exact) mass is 318 g/mol. The summed E-state index contributed by atoms with van der Waals surface area (Å²) in [7, 11) is 0. The van der Waals surface area contributed by atoms with Gasteiger partial charge in [-0.3, -0.25) is 0 Å². The molecule has 7 heteroatoms. The van der Waals surface area contributed by atoms with E-state index in [2.05, 4.69) is 10.1 Å². The predicted octanol–water partition coefficient (Wildman–Crippen LogP) is 3.17. The van der Waals surface area contributed by atoms with Gasteiger partial charge in [-0.1, -0.05) is 12.1 Å². The minimum Gasteiger partial charge on any atom is -0.366 e. The number of rotatable bonds is 3. The van der Waals surface area contributed by atoms with Crippen LogP contribution in [-0.2, 0) is 6.42 Å². The van der Waals surface area contributed by atoms with E-state index < -0.39 is 11.6 Å². The summed E-state index contributed by atoms with van der Waals surface area (Å²) >= 11 is 0. The van der Waals surface area contributed by atoms with Crippen LogP contribution in [0.15, 0.2) is 16.7 Å². The van der Waals surface area contributed by atoms with Crippen molar-refractivity contribution in [3.63, 3.8) is 0 Å². The molecule has 1 fully saturated rings. The van der Waals surface area contributed by atoms with Crippen LogP contribution < -0.4 is 4.90 Å². The quantitative estimate of drug-likeness (QED) is 0.869. The maximum atomic E-state index is 14.2. The SMILES string of the molecule is CCc1nc(C2CCCN(c3c(F)cc(C#N)cc3F)C2)no1. The lowest BCUT2D eigenvalue weighted by molar-refractivity contribution is 0.367. The average Bonchev–Trinajstić information content (AvgIpc) is 3.03. The lowest BCUT2D eigenvalue weighted by Crippen LogP contribution is -2.36. The Kier molecular flexibility index (Phi) is 4.24. The van der Waals surface area contributed by atoms with Gasteiger partial charge in [-0.15, -0.1) is 0 Å². The van der Waals surface area contributed by atoms with Gasteiger partial charge >= 0.3 is 0 Å². The molecule has 3 rings (SSSR count). The first-order valence-corrected chi connectivity index (χ1v) is 7.59. The van der Waals surface area contributed by atoms with Gasteiger partial charge in [0.1, 0.15) is 5.69 Å². The lowest BCUT2D eigenvalue weighted by Gasteiger charge is -2.33. The number of piperidine rings is 1. The molecule has 2 heterocycles. The van der Waals surface area contributed by atoms with Crippen LogP contribution in [0.2, 0.25) is 0 Å². The molecular weight excluding hydrogens is 302 g/mol. The van der Waals surface area contributed by atoms with Crippen LogP contribution in [0.5, 0.6) is 0 Å². The Hall–Kier alpha value is -2.49. The fourth-order valence-electron chi connectivity index (χ4n) is 2.90. The smallest absolute Gasteiger partial charge is 0.226 e. The van der Waals surface area contributed by atoms with Crippen LogP contribution >= 0.6 is 0 Å². The zero-order valence-corrected chi connectivity index (χ0v) is 12.7. The fraction of sp³-hybridized carbons (Fsp3) is 0.438. The maximum absolute atomic E-state index is 14.2. The van der Waals surface area contributed by atoms with Crippen molar-refractivity contribution >= 4 is 5.69 Å². The molecule has 0 spiro atoms. The first-order valence-electron chi connectivity index (χ1n) is 7.59. The molecule has 0 saturated carbocycles. The molecule has 1 saturated heterocycles. The summed E-state index contributed by atoms with van der Waals surface area (Å²) in [6.45, 7) is 2.89. The number of aromatic nitrogens is 2. The van der Waals surface area contributed by atoms with Gasteiger partial charge in [-0.2, -0.15) is 10.2 Å². The Labute approximate surface area is 132 Å². The number of aryl methyl sites for hydroxylation is 1. The van der Waals surface area contributed by atoms with E-state index in [1.54, 1.807) is 11.0 Å². The molecule has 1 aromatic carbocycles. The first-order chi connectivity index (χ1) is 11.1. The van der Waals surface area contributed by atoms with Gasteiger partial charge in [0, 0.05) is 25.4 Å². The van der Waals surface area contributed by atoms with Crippen LogP contribution in [-0.4, -0.2) is 23.2 Å². The Bertz CT molecular complexity index is 730. The van der Waals surface area contributed by atoms with Crippen molar-refractivity contribution in [2.75, 3.05) is 18.0 Å². The maximum Gasteiger partial charge on any atom is 0.226 e. The zero-order chi connectivity index (χ0) is 16.4. The second-order valence-corrected chi connectivity index (χ2v) is 5.59. The van der Waals surface area contributed by atoms with Crippen molar-refractivity contribution in [2.24, 2.45) is 0 Å². The molecule has 0 bridgehead atoms. The second-order valence-electron chi connectivity index (χ2n) is 5.59. The van der Waals surface area contributed by atoms with Gasteiger partial charge in [0.2, 0.25) is 5.89 Å². The van der Waals surface area contributed by atoms with E-state index in [1.165, 1.54) is 0 Å². The molecule has 0 radical (unpaired) electrons. The van der Waals surface area contributed by atoms with Crippen molar-refractivity contribution in [1.29, 1.82) is 5.26 Å². The van der Waals surface area contributed by atoms with Crippen LogP contribution in [0.4, 0.5) is 14.5 Å². The average molecular weight is 318 g/mol. The molecule has 1 aromatic heterocycles. The van der Waals surface area contributed by atoms with Crippen molar-refractivity contribution < 1.29 is 13.3 Å². The van der Waals surface area contributed by atoms with Crippen molar-refractivity contribution in [3.8, 4) is 6.07 Å². The highest BCUT2D eigenvalue weighted by Crippen LogP contribution is 2.32. The van der Waals surface area contributed by atoms with Gasteiger partial charge < -0.3 is 9.42 Å². The molecule has 1 unspecified atom stereocenters. The molecule has 0 amide bonds.